The average Bonchev–Trinajstić information content (AvgIpc) is 2.48. The van der Waals surface area contributed by atoms with Crippen LogP contribution in [-0.2, 0) is 14.9 Å². The van der Waals surface area contributed by atoms with E-state index in [1.165, 1.54) is 5.56 Å². The lowest BCUT2D eigenvalue weighted by Gasteiger charge is -2.31. The first-order chi connectivity index (χ1) is 9.70. The molecule has 0 radical (unpaired) electrons. The summed E-state index contributed by atoms with van der Waals surface area (Å²) in [5.74, 6) is 0.994. The fourth-order valence-corrected chi connectivity index (χ4v) is 3.64. The van der Waals surface area contributed by atoms with E-state index in [1.807, 2.05) is 18.2 Å². The van der Waals surface area contributed by atoms with E-state index in [4.69, 9.17) is 32.7 Å². The number of halogens is 3. The number of alkyl halides is 2. The van der Waals surface area contributed by atoms with Gasteiger partial charge in [0.05, 0.1) is 13.2 Å². The van der Waals surface area contributed by atoms with E-state index >= 15 is 0 Å². The molecule has 0 bridgehead atoms. The van der Waals surface area contributed by atoms with Crippen LogP contribution in [0.15, 0.2) is 28.7 Å². The molecule has 0 aliphatic carbocycles. The van der Waals surface area contributed by atoms with Gasteiger partial charge in [-0.25, -0.2) is 0 Å². The van der Waals surface area contributed by atoms with Gasteiger partial charge in [0.2, 0.25) is 0 Å². The Morgan fingerprint density at radius 1 is 1.10 bits per heavy atom. The van der Waals surface area contributed by atoms with Crippen LogP contribution in [0.3, 0.4) is 0 Å². The smallest absolute Gasteiger partial charge is 0.0700 e. The molecule has 2 nitrogen and oxygen atoms in total. The van der Waals surface area contributed by atoms with Crippen LogP contribution in [0.25, 0.3) is 0 Å². The van der Waals surface area contributed by atoms with Gasteiger partial charge in [-0.3, -0.25) is 0 Å². The second kappa shape index (κ2) is 10.0. The molecule has 1 aromatic rings. The lowest BCUT2D eigenvalue weighted by atomic mass is 9.80. The molecule has 0 amide bonds. The summed E-state index contributed by atoms with van der Waals surface area (Å²) < 4.78 is 11.5. The summed E-state index contributed by atoms with van der Waals surface area (Å²) in [6, 6.07) is 8.12. The second-order valence-electron chi connectivity index (χ2n) is 4.74. The minimum atomic E-state index is -0.214. The van der Waals surface area contributed by atoms with Crippen LogP contribution < -0.4 is 0 Å². The maximum absolute atomic E-state index is 6.23. The van der Waals surface area contributed by atoms with Gasteiger partial charge in [-0.2, -0.15) is 0 Å². The van der Waals surface area contributed by atoms with Crippen molar-refractivity contribution in [1.29, 1.82) is 0 Å². The van der Waals surface area contributed by atoms with Gasteiger partial charge in [0.25, 0.3) is 0 Å². The minimum Gasteiger partial charge on any atom is -0.382 e. The van der Waals surface area contributed by atoms with Gasteiger partial charge >= 0.3 is 0 Å². The maximum atomic E-state index is 6.23. The molecule has 0 unspecified atom stereocenters. The summed E-state index contributed by atoms with van der Waals surface area (Å²) in [5, 5.41) is 0. The Morgan fingerprint density at radius 3 is 2.40 bits per heavy atom. The first kappa shape index (κ1) is 18.2. The summed E-state index contributed by atoms with van der Waals surface area (Å²) in [5.41, 5.74) is 0.954. The average molecular weight is 384 g/mol. The molecule has 0 fully saturated rings. The van der Waals surface area contributed by atoms with Crippen LogP contribution in [0, 0.1) is 0 Å². The van der Waals surface area contributed by atoms with Gasteiger partial charge in [-0.15, -0.1) is 23.2 Å². The molecular formula is C15H21BrCl2O2. The quantitative estimate of drug-likeness (QED) is 0.434. The molecule has 0 aliphatic heterocycles. The summed E-state index contributed by atoms with van der Waals surface area (Å²) in [6.07, 6.45) is 1.82. The highest BCUT2D eigenvalue weighted by atomic mass is 79.9. The van der Waals surface area contributed by atoms with Crippen LogP contribution in [0.4, 0.5) is 0 Å². The molecule has 0 aliphatic rings. The van der Waals surface area contributed by atoms with Crippen molar-refractivity contribution >= 4 is 39.1 Å². The van der Waals surface area contributed by atoms with Crippen molar-refractivity contribution < 1.29 is 9.47 Å². The predicted molar refractivity (Wildman–Crippen MR) is 89.2 cm³/mol. The first-order valence-corrected chi connectivity index (χ1v) is 8.50. The van der Waals surface area contributed by atoms with Crippen LogP contribution >= 0.6 is 39.1 Å². The Morgan fingerprint density at radius 2 is 1.80 bits per heavy atom. The Labute approximate surface area is 139 Å². The first-order valence-electron chi connectivity index (χ1n) is 6.64. The van der Waals surface area contributed by atoms with Crippen molar-refractivity contribution in [3.8, 4) is 0 Å². The minimum absolute atomic E-state index is 0.214. The molecule has 20 heavy (non-hydrogen) atoms. The number of hydrogen-bond acceptors (Lipinski definition) is 2. The Kier molecular flexibility index (Phi) is 9.14. The third-order valence-corrected chi connectivity index (χ3v) is 5.05. The molecule has 1 rings (SSSR count). The van der Waals surface area contributed by atoms with Crippen LogP contribution in [0.5, 0.6) is 0 Å². The van der Waals surface area contributed by atoms with Crippen molar-refractivity contribution in [2.45, 2.75) is 18.3 Å². The van der Waals surface area contributed by atoms with Crippen molar-refractivity contribution in [2.24, 2.45) is 0 Å². The lowest BCUT2D eigenvalue weighted by molar-refractivity contribution is 0.0670. The predicted octanol–water partition coefficient (Wildman–Crippen LogP) is 4.61. The van der Waals surface area contributed by atoms with E-state index < -0.39 is 0 Å². The molecule has 0 heterocycles. The molecular weight excluding hydrogens is 363 g/mol. The SMILES string of the molecule is COCCOCCCC(CCl)(CCl)c1ccccc1Br. The molecule has 0 atom stereocenters. The third-order valence-electron chi connectivity index (χ3n) is 3.33. The topological polar surface area (TPSA) is 18.5 Å². The highest BCUT2D eigenvalue weighted by molar-refractivity contribution is 9.10. The summed E-state index contributed by atoms with van der Waals surface area (Å²) in [6.45, 7) is 1.95. The molecule has 0 N–H and O–H groups in total. The molecule has 114 valence electrons. The lowest BCUT2D eigenvalue weighted by Crippen LogP contribution is -2.31. The largest absolute Gasteiger partial charge is 0.382 e. The normalized spacial score (nSPS) is 11.8. The number of benzene rings is 1. The fraction of sp³-hybridized carbons (Fsp3) is 0.600. The van der Waals surface area contributed by atoms with Gasteiger partial charge in [0.15, 0.2) is 0 Å². The van der Waals surface area contributed by atoms with Gasteiger partial charge in [-0.05, 0) is 24.5 Å². The van der Waals surface area contributed by atoms with Gasteiger partial charge in [0.1, 0.15) is 0 Å². The van der Waals surface area contributed by atoms with E-state index in [1.54, 1.807) is 7.11 Å². The number of ether oxygens (including phenoxy) is 2. The fourth-order valence-electron chi connectivity index (χ4n) is 2.10. The maximum Gasteiger partial charge on any atom is 0.0700 e. The van der Waals surface area contributed by atoms with Crippen molar-refractivity contribution in [3.05, 3.63) is 34.3 Å². The summed E-state index contributed by atoms with van der Waals surface area (Å²) >= 11 is 16.0. The number of rotatable bonds is 10. The molecule has 0 spiro atoms. The monoisotopic (exact) mass is 382 g/mol. The van der Waals surface area contributed by atoms with Crippen LogP contribution in [0.1, 0.15) is 18.4 Å². The molecule has 0 saturated heterocycles. The standard InChI is InChI=1S/C15H21BrCl2O2/c1-19-9-10-20-8-4-7-15(11-17,12-18)13-5-2-3-6-14(13)16/h2-3,5-6H,4,7-12H2,1H3. The van der Waals surface area contributed by atoms with E-state index in [2.05, 4.69) is 22.0 Å². The third kappa shape index (κ3) is 5.19. The molecule has 0 saturated carbocycles. The molecule has 0 aromatic heterocycles. The van der Waals surface area contributed by atoms with Gasteiger partial charge in [-0.1, -0.05) is 34.1 Å². The Bertz CT molecular complexity index is 384. The summed E-state index contributed by atoms with van der Waals surface area (Å²) in [4.78, 5) is 0. The van der Waals surface area contributed by atoms with Crippen molar-refractivity contribution in [2.75, 3.05) is 38.7 Å². The van der Waals surface area contributed by atoms with Gasteiger partial charge in [0, 0.05) is 35.4 Å². The summed E-state index contributed by atoms with van der Waals surface area (Å²) in [7, 11) is 1.67. The molecule has 1 aromatic carbocycles. The Balaban J connectivity index is 2.61. The van der Waals surface area contributed by atoms with E-state index in [0.29, 0.717) is 31.6 Å². The van der Waals surface area contributed by atoms with E-state index in [9.17, 15) is 0 Å². The second-order valence-corrected chi connectivity index (χ2v) is 6.13. The van der Waals surface area contributed by atoms with Crippen LogP contribution in [0.2, 0.25) is 0 Å². The van der Waals surface area contributed by atoms with Crippen molar-refractivity contribution in [1.82, 2.24) is 0 Å². The highest BCUT2D eigenvalue weighted by Crippen LogP contribution is 2.36. The zero-order valence-corrected chi connectivity index (χ0v) is 14.8. The van der Waals surface area contributed by atoms with E-state index in [0.717, 1.165) is 17.3 Å². The Hall–Kier alpha value is 0.200. The van der Waals surface area contributed by atoms with Crippen LogP contribution in [-0.4, -0.2) is 38.7 Å². The van der Waals surface area contributed by atoms with Gasteiger partial charge < -0.3 is 9.47 Å². The zero-order chi connectivity index (χ0) is 14.8. The van der Waals surface area contributed by atoms with Crippen molar-refractivity contribution in [3.63, 3.8) is 0 Å². The number of methoxy groups -OCH3 is 1. The zero-order valence-electron chi connectivity index (χ0n) is 11.7. The number of hydrogen-bond donors (Lipinski definition) is 0. The van der Waals surface area contributed by atoms with E-state index in [-0.39, 0.29) is 5.41 Å². The molecule has 5 heteroatoms. The highest BCUT2D eigenvalue weighted by Gasteiger charge is 2.31.